The van der Waals surface area contributed by atoms with Crippen molar-refractivity contribution in [3.63, 3.8) is 0 Å². The van der Waals surface area contributed by atoms with Crippen LogP contribution in [-0.2, 0) is 18.4 Å². The number of para-hydroxylation sites is 1. The number of nitrogens with two attached hydrogens (primary N) is 1. The molecule has 2 N–H and O–H groups in total. The van der Waals surface area contributed by atoms with Gasteiger partial charge in [0.1, 0.15) is 5.52 Å². The molecule has 162 valence electrons. The first-order valence-electron chi connectivity index (χ1n) is 11.4. The number of hydrogen-bond donors (Lipinski definition) is 1. The van der Waals surface area contributed by atoms with Gasteiger partial charge in [0.2, 0.25) is 0 Å². The van der Waals surface area contributed by atoms with Crippen LogP contribution >= 0.6 is 0 Å². The number of pyridine rings is 1. The molecule has 0 saturated carbocycles. The number of imidazole rings is 1. The Kier molecular flexibility index (Phi) is 5.99. The number of anilines is 1. The highest BCUT2D eigenvalue weighted by atomic mass is 15.1. The Bertz CT molecular complexity index is 1170. The zero-order chi connectivity index (χ0) is 22.0. The average Bonchev–Trinajstić information content (AvgIpc) is 3.16. The smallest absolute Gasteiger partial charge is 0.152 e. The Morgan fingerprint density at radius 1 is 1.00 bits per heavy atom. The molecule has 0 atom stereocenters. The minimum absolute atomic E-state index is 0.175. The fourth-order valence-corrected chi connectivity index (χ4v) is 4.53. The number of unbranched alkanes of at least 4 members (excludes halogenated alkanes) is 1. The highest BCUT2D eigenvalue weighted by molar-refractivity contribution is 6.06. The summed E-state index contributed by atoms with van der Waals surface area (Å²) in [6.07, 6.45) is 6.49. The summed E-state index contributed by atoms with van der Waals surface area (Å²) in [5, 5.41) is 1.12. The predicted octanol–water partition coefficient (Wildman–Crippen LogP) is 6.51. The first-order chi connectivity index (χ1) is 14.8. The second-order valence-corrected chi connectivity index (χ2v) is 9.79. The van der Waals surface area contributed by atoms with Gasteiger partial charge in [-0.25, -0.2) is 9.97 Å². The summed E-state index contributed by atoms with van der Waals surface area (Å²) in [5.74, 6) is 1.20. The molecule has 0 bridgehead atoms. The van der Waals surface area contributed by atoms with Gasteiger partial charge in [-0.15, -0.1) is 0 Å². The number of rotatable bonds is 8. The topological polar surface area (TPSA) is 56.7 Å². The molecule has 0 radical (unpaired) electrons. The van der Waals surface area contributed by atoms with Crippen molar-refractivity contribution in [1.82, 2.24) is 14.5 Å². The summed E-state index contributed by atoms with van der Waals surface area (Å²) in [4.78, 5) is 9.05. The third-order valence-corrected chi connectivity index (χ3v) is 6.31. The molecule has 0 aliphatic rings. The van der Waals surface area contributed by atoms with E-state index in [4.69, 9.17) is 5.73 Å². The predicted molar refractivity (Wildman–Crippen MR) is 131 cm³/mol. The third-order valence-electron chi connectivity index (χ3n) is 6.31. The SMILES string of the molecule is CC(C)Cc1ccc(C(C)(C)CCCCn2cnc3c(N)nc4ccccc4c32)cc1. The fraction of sp³-hybridized carbons (Fsp3) is 0.407. The molecule has 4 aromatic rings. The minimum Gasteiger partial charge on any atom is -0.382 e. The van der Waals surface area contributed by atoms with Crippen LogP contribution in [0.3, 0.4) is 0 Å². The highest BCUT2D eigenvalue weighted by Gasteiger charge is 2.20. The zero-order valence-electron chi connectivity index (χ0n) is 19.2. The van der Waals surface area contributed by atoms with Crippen LogP contribution in [0.4, 0.5) is 5.82 Å². The van der Waals surface area contributed by atoms with Gasteiger partial charge in [0, 0.05) is 11.9 Å². The highest BCUT2D eigenvalue weighted by Crippen LogP contribution is 2.31. The Labute approximate surface area is 185 Å². The molecule has 0 amide bonds. The van der Waals surface area contributed by atoms with Crippen molar-refractivity contribution < 1.29 is 0 Å². The molecule has 4 rings (SSSR count). The summed E-state index contributed by atoms with van der Waals surface area (Å²) in [6.45, 7) is 10.2. The van der Waals surface area contributed by atoms with Crippen molar-refractivity contribution in [1.29, 1.82) is 0 Å². The molecule has 0 fully saturated rings. The lowest BCUT2D eigenvalue weighted by Gasteiger charge is -2.26. The molecular formula is C27H34N4. The summed E-state index contributed by atoms with van der Waals surface area (Å²) in [5.41, 5.74) is 12.0. The van der Waals surface area contributed by atoms with Crippen molar-refractivity contribution in [3.05, 3.63) is 66.0 Å². The summed E-state index contributed by atoms with van der Waals surface area (Å²) in [6, 6.07) is 17.4. The van der Waals surface area contributed by atoms with Crippen molar-refractivity contribution >= 4 is 27.8 Å². The number of nitrogen functional groups attached to an aromatic ring is 1. The Hall–Kier alpha value is -2.88. The van der Waals surface area contributed by atoms with Crippen LogP contribution in [0, 0.1) is 5.92 Å². The monoisotopic (exact) mass is 414 g/mol. The van der Waals surface area contributed by atoms with Gasteiger partial charge in [-0.3, -0.25) is 0 Å². The molecule has 2 aromatic heterocycles. The van der Waals surface area contributed by atoms with E-state index in [0.29, 0.717) is 11.7 Å². The molecular weight excluding hydrogens is 380 g/mol. The summed E-state index contributed by atoms with van der Waals surface area (Å²) in [7, 11) is 0. The lowest BCUT2D eigenvalue weighted by Crippen LogP contribution is -2.17. The second-order valence-electron chi connectivity index (χ2n) is 9.79. The van der Waals surface area contributed by atoms with E-state index >= 15 is 0 Å². The molecule has 2 heterocycles. The second kappa shape index (κ2) is 8.70. The third kappa shape index (κ3) is 4.58. The van der Waals surface area contributed by atoms with Crippen molar-refractivity contribution in [2.75, 3.05) is 5.73 Å². The van der Waals surface area contributed by atoms with E-state index in [1.807, 2.05) is 24.5 Å². The van der Waals surface area contributed by atoms with E-state index in [1.54, 1.807) is 0 Å². The van der Waals surface area contributed by atoms with E-state index < -0.39 is 0 Å². The largest absolute Gasteiger partial charge is 0.382 e. The van der Waals surface area contributed by atoms with Gasteiger partial charge in [0.05, 0.1) is 17.4 Å². The van der Waals surface area contributed by atoms with Crippen molar-refractivity contribution in [2.24, 2.45) is 5.92 Å². The Morgan fingerprint density at radius 2 is 1.74 bits per heavy atom. The van der Waals surface area contributed by atoms with Crippen LogP contribution in [0.5, 0.6) is 0 Å². The molecule has 0 aliphatic heterocycles. The maximum Gasteiger partial charge on any atom is 0.152 e. The fourth-order valence-electron chi connectivity index (χ4n) is 4.53. The molecule has 0 unspecified atom stereocenters. The number of fused-ring (bicyclic) bond motifs is 3. The molecule has 0 spiro atoms. The summed E-state index contributed by atoms with van der Waals surface area (Å²) < 4.78 is 2.24. The van der Waals surface area contributed by atoms with Crippen LogP contribution in [0.2, 0.25) is 0 Å². The van der Waals surface area contributed by atoms with Crippen molar-refractivity contribution in [2.45, 2.75) is 65.3 Å². The number of aryl methyl sites for hydroxylation is 1. The molecule has 31 heavy (non-hydrogen) atoms. The standard InChI is InChI=1S/C27H34N4/c1-19(2)17-20-11-13-21(14-12-20)27(3,4)15-7-8-16-31-18-29-24-25(31)22-9-5-6-10-23(22)30-26(24)28/h5-6,9-14,18-19H,7-8,15-17H2,1-4H3,(H2,28,30). The van der Waals surface area contributed by atoms with Crippen LogP contribution < -0.4 is 5.73 Å². The minimum atomic E-state index is 0.175. The average molecular weight is 415 g/mol. The zero-order valence-corrected chi connectivity index (χ0v) is 19.2. The molecule has 4 heteroatoms. The number of nitrogens with zero attached hydrogens (tertiary/aromatic N) is 3. The van der Waals surface area contributed by atoms with E-state index in [9.17, 15) is 0 Å². The number of aromatic nitrogens is 3. The molecule has 0 aliphatic carbocycles. The van der Waals surface area contributed by atoms with Crippen LogP contribution in [-0.4, -0.2) is 14.5 Å². The van der Waals surface area contributed by atoms with Gasteiger partial charge in [0.15, 0.2) is 5.82 Å². The Morgan fingerprint density at radius 3 is 2.48 bits per heavy atom. The summed E-state index contributed by atoms with van der Waals surface area (Å²) >= 11 is 0. The molecule has 4 nitrogen and oxygen atoms in total. The van der Waals surface area contributed by atoms with Crippen molar-refractivity contribution in [3.8, 4) is 0 Å². The van der Waals surface area contributed by atoms with E-state index in [0.717, 1.165) is 47.7 Å². The molecule has 0 saturated heterocycles. The van der Waals surface area contributed by atoms with Crippen LogP contribution in [0.1, 0.15) is 58.1 Å². The Balaban J connectivity index is 1.42. The van der Waals surface area contributed by atoms with Gasteiger partial charge in [0.25, 0.3) is 0 Å². The maximum absolute atomic E-state index is 6.16. The maximum atomic E-state index is 6.16. The van der Waals surface area contributed by atoms with Gasteiger partial charge < -0.3 is 10.3 Å². The van der Waals surface area contributed by atoms with E-state index in [-0.39, 0.29) is 5.41 Å². The van der Waals surface area contributed by atoms with Gasteiger partial charge in [-0.2, -0.15) is 0 Å². The lowest BCUT2D eigenvalue weighted by molar-refractivity contribution is 0.441. The quantitative estimate of drug-likeness (QED) is 0.334. The van der Waals surface area contributed by atoms with E-state index in [2.05, 4.69) is 72.6 Å². The van der Waals surface area contributed by atoms with Gasteiger partial charge in [-0.1, -0.05) is 76.6 Å². The number of benzene rings is 2. The molecule has 2 aromatic carbocycles. The first-order valence-corrected chi connectivity index (χ1v) is 11.4. The lowest BCUT2D eigenvalue weighted by atomic mass is 9.79. The normalized spacial score (nSPS) is 12.3. The van der Waals surface area contributed by atoms with Gasteiger partial charge >= 0.3 is 0 Å². The van der Waals surface area contributed by atoms with Crippen LogP contribution in [0.15, 0.2) is 54.9 Å². The van der Waals surface area contributed by atoms with Crippen LogP contribution in [0.25, 0.3) is 21.9 Å². The van der Waals surface area contributed by atoms with E-state index in [1.165, 1.54) is 17.5 Å². The number of hydrogen-bond acceptors (Lipinski definition) is 3. The first kappa shape index (κ1) is 21.4. The van der Waals surface area contributed by atoms with Gasteiger partial charge in [-0.05, 0) is 47.8 Å².